The van der Waals surface area contributed by atoms with Crippen LogP contribution in [0.1, 0.15) is 40.2 Å². The minimum Gasteiger partial charge on any atom is -0.508 e. The third kappa shape index (κ3) is 3.48. The molecule has 0 spiro atoms. The van der Waals surface area contributed by atoms with Gasteiger partial charge in [0, 0.05) is 0 Å². The lowest BCUT2D eigenvalue weighted by Crippen LogP contribution is -2.36. The van der Waals surface area contributed by atoms with Gasteiger partial charge >= 0.3 is 5.97 Å². The van der Waals surface area contributed by atoms with Gasteiger partial charge in [-0.15, -0.1) is 0 Å². The maximum absolute atomic E-state index is 12.1. The van der Waals surface area contributed by atoms with Crippen molar-refractivity contribution in [1.82, 2.24) is 0 Å². The second kappa shape index (κ2) is 4.40. The molecule has 0 fully saturated rings. The van der Waals surface area contributed by atoms with Gasteiger partial charge in [0.2, 0.25) is 0 Å². The number of carbonyl (C=O) groups is 1. The highest BCUT2D eigenvalue weighted by Crippen LogP contribution is 2.28. The Morgan fingerprint density at radius 3 is 1.94 bits per heavy atom. The van der Waals surface area contributed by atoms with Crippen LogP contribution in [0.25, 0.3) is 0 Å². The number of rotatable bonds is 2. The molecule has 0 aliphatic rings. The predicted octanol–water partition coefficient (Wildman–Crippen LogP) is 3.01. The predicted molar refractivity (Wildman–Crippen MR) is 67.0 cm³/mol. The Labute approximate surface area is 102 Å². The molecule has 3 heteroatoms. The average molecular weight is 236 g/mol. The van der Waals surface area contributed by atoms with Crippen LogP contribution in [-0.2, 0) is 14.9 Å². The van der Waals surface area contributed by atoms with Crippen LogP contribution in [0.4, 0.5) is 0 Å². The molecule has 0 bridgehead atoms. The number of aromatic hydroxyl groups is 1. The van der Waals surface area contributed by atoms with Gasteiger partial charge < -0.3 is 9.84 Å². The molecule has 1 rings (SSSR count). The van der Waals surface area contributed by atoms with Crippen molar-refractivity contribution >= 4 is 5.97 Å². The van der Waals surface area contributed by atoms with Gasteiger partial charge in [-0.2, -0.15) is 0 Å². The third-order valence-corrected chi connectivity index (χ3v) is 2.50. The van der Waals surface area contributed by atoms with Crippen molar-refractivity contribution in [2.24, 2.45) is 0 Å². The number of hydrogen-bond acceptors (Lipinski definition) is 3. The first-order chi connectivity index (χ1) is 7.63. The first-order valence-electron chi connectivity index (χ1n) is 5.66. The SMILES string of the molecule is CC(C)(C)OC(=O)C(C)(C)c1ccc(O)cc1. The molecule has 0 aliphatic carbocycles. The monoisotopic (exact) mass is 236 g/mol. The Morgan fingerprint density at radius 2 is 1.53 bits per heavy atom. The number of benzene rings is 1. The maximum Gasteiger partial charge on any atom is 0.316 e. The molecule has 0 radical (unpaired) electrons. The van der Waals surface area contributed by atoms with E-state index >= 15 is 0 Å². The van der Waals surface area contributed by atoms with Crippen molar-refractivity contribution < 1.29 is 14.6 Å². The van der Waals surface area contributed by atoms with E-state index in [4.69, 9.17) is 4.74 Å². The maximum atomic E-state index is 12.1. The molecule has 0 aliphatic heterocycles. The summed E-state index contributed by atoms with van der Waals surface area (Å²) in [5, 5.41) is 9.23. The van der Waals surface area contributed by atoms with Crippen molar-refractivity contribution in [2.45, 2.75) is 45.6 Å². The van der Waals surface area contributed by atoms with Crippen LogP contribution in [0.5, 0.6) is 5.75 Å². The average Bonchev–Trinajstić information content (AvgIpc) is 2.15. The van der Waals surface area contributed by atoms with Gasteiger partial charge in [-0.05, 0) is 52.3 Å². The zero-order valence-electron chi connectivity index (χ0n) is 11.1. The molecule has 0 heterocycles. The summed E-state index contributed by atoms with van der Waals surface area (Å²) < 4.78 is 5.39. The van der Waals surface area contributed by atoms with Gasteiger partial charge in [0.15, 0.2) is 0 Å². The summed E-state index contributed by atoms with van der Waals surface area (Å²) in [6, 6.07) is 6.61. The first-order valence-corrected chi connectivity index (χ1v) is 5.66. The van der Waals surface area contributed by atoms with Crippen molar-refractivity contribution in [3.05, 3.63) is 29.8 Å². The van der Waals surface area contributed by atoms with E-state index < -0.39 is 11.0 Å². The molecule has 1 aromatic carbocycles. The van der Waals surface area contributed by atoms with Crippen LogP contribution in [0.2, 0.25) is 0 Å². The van der Waals surface area contributed by atoms with Gasteiger partial charge in [-0.3, -0.25) is 4.79 Å². The van der Waals surface area contributed by atoms with Gasteiger partial charge in [-0.25, -0.2) is 0 Å². The lowest BCUT2D eigenvalue weighted by atomic mass is 9.84. The molecule has 0 amide bonds. The van der Waals surface area contributed by atoms with E-state index in [9.17, 15) is 9.90 Å². The lowest BCUT2D eigenvalue weighted by Gasteiger charge is -2.28. The smallest absolute Gasteiger partial charge is 0.316 e. The van der Waals surface area contributed by atoms with Crippen LogP contribution in [0.3, 0.4) is 0 Å². The molecule has 0 aromatic heterocycles. The number of carbonyl (C=O) groups excluding carboxylic acids is 1. The Bertz CT molecular complexity index is 396. The van der Waals surface area contributed by atoms with E-state index in [0.717, 1.165) is 5.56 Å². The summed E-state index contributed by atoms with van der Waals surface area (Å²) >= 11 is 0. The van der Waals surface area contributed by atoms with Crippen molar-refractivity contribution in [3.8, 4) is 5.75 Å². The number of hydrogen-bond donors (Lipinski definition) is 1. The summed E-state index contributed by atoms with van der Waals surface area (Å²) in [7, 11) is 0. The molecular formula is C14H20O3. The van der Waals surface area contributed by atoms with Gasteiger partial charge in [0.05, 0.1) is 5.41 Å². The quantitative estimate of drug-likeness (QED) is 0.803. The highest BCUT2D eigenvalue weighted by molar-refractivity contribution is 5.82. The fraction of sp³-hybridized carbons (Fsp3) is 0.500. The molecule has 3 nitrogen and oxygen atoms in total. The van der Waals surface area contributed by atoms with E-state index in [1.165, 1.54) is 0 Å². The van der Waals surface area contributed by atoms with Crippen LogP contribution in [0.15, 0.2) is 24.3 Å². The van der Waals surface area contributed by atoms with Gasteiger partial charge in [0.1, 0.15) is 11.4 Å². The van der Waals surface area contributed by atoms with Gasteiger partial charge in [-0.1, -0.05) is 12.1 Å². The summed E-state index contributed by atoms with van der Waals surface area (Å²) in [5.41, 5.74) is -0.392. The standard InChI is InChI=1S/C14H20O3/c1-13(2,3)17-12(16)14(4,5)10-6-8-11(15)9-7-10/h6-9,15H,1-5H3. The second-order valence-electron chi connectivity index (χ2n) is 5.67. The summed E-state index contributed by atoms with van der Waals surface area (Å²) in [5.74, 6) is -0.0792. The van der Waals surface area contributed by atoms with Crippen molar-refractivity contribution in [1.29, 1.82) is 0 Å². The molecule has 1 aromatic rings. The van der Waals surface area contributed by atoms with Crippen LogP contribution < -0.4 is 0 Å². The van der Waals surface area contributed by atoms with E-state index in [1.54, 1.807) is 24.3 Å². The Hall–Kier alpha value is -1.51. The fourth-order valence-electron chi connectivity index (χ4n) is 1.40. The van der Waals surface area contributed by atoms with Crippen LogP contribution >= 0.6 is 0 Å². The topological polar surface area (TPSA) is 46.5 Å². The molecule has 94 valence electrons. The highest BCUT2D eigenvalue weighted by Gasteiger charge is 2.34. The Kier molecular flexibility index (Phi) is 3.51. The molecule has 17 heavy (non-hydrogen) atoms. The lowest BCUT2D eigenvalue weighted by molar-refractivity contribution is -0.160. The molecule has 1 N–H and O–H groups in total. The number of esters is 1. The largest absolute Gasteiger partial charge is 0.508 e. The molecular weight excluding hydrogens is 216 g/mol. The zero-order chi connectivity index (χ0) is 13.3. The Morgan fingerprint density at radius 1 is 1.06 bits per heavy atom. The Balaban J connectivity index is 2.94. The van der Waals surface area contributed by atoms with Crippen LogP contribution in [-0.4, -0.2) is 16.7 Å². The number of ether oxygens (including phenoxy) is 1. The van der Waals surface area contributed by atoms with E-state index in [1.807, 2.05) is 34.6 Å². The van der Waals surface area contributed by atoms with E-state index in [2.05, 4.69) is 0 Å². The number of phenolic OH excluding ortho intramolecular Hbond substituents is 1. The van der Waals surface area contributed by atoms with E-state index in [-0.39, 0.29) is 11.7 Å². The third-order valence-electron chi connectivity index (χ3n) is 2.50. The highest BCUT2D eigenvalue weighted by atomic mass is 16.6. The minimum absolute atomic E-state index is 0.189. The van der Waals surface area contributed by atoms with Crippen molar-refractivity contribution in [2.75, 3.05) is 0 Å². The molecule has 0 saturated heterocycles. The summed E-state index contributed by atoms with van der Waals surface area (Å²) in [6.45, 7) is 9.16. The zero-order valence-corrected chi connectivity index (χ0v) is 11.1. The van der Waals surface area contributed by atoms with Crippen molar-refractivity contribution in [3.63, 3.8) is 0 Å². The second-order valence-corrected chi connectivity index (χ2v) is 5.67. The first kappa shape index (κ1) is 13.6. The summed E-state index contributed by atoms with van der Waals surface area (Å²) in [6.07, 6.45) is 0. The minimum atomic E-state index is -0.721. The van der Waals surface area contributed by atoms with Crippen LogP contribution in [0, 0.1) is 0 Å². The molecule has 0 unspecified atom stereocenters. The van der Waals surface area contributed by atoms with E-state index in [0.29, 0.717) is 0 Å². The molecule has 0 saturated carbocycles. The van der Waals surface area contributed by atoms with Gasteiger partial charge in [0.25, 0.3) is 0 Å². The number of phenols is 1. The normalized spacial score (nSPS) is 12.3. The fourth-order valence-corrected chi connectivity index (χ4v) is 1.40. The molecule has 0 atom stereocenters. The summed E-state index contributed by atoms with van der Waals surface area (Å²) in [4.78, 5) is 12.1.